The fourth-order valence-corrected chi connectivity index (χ4v) is 0. The Kier molecular flexibility index (Phi) is 51.3. The van der Waals surface area contributed by atoms with E-state index in [1.807, 2.05) is 6.92 Å². The Labute approximate surface area is 54.9 Å². The Morgan fingerprint density at radius 2 is 1.44 bits per heavy atom. The van der Waals surface area contributed by atoms with Gasteiger partial charge in [0, 0.05) is 0 Å². The fourth-order valence-electron chi connectivity index (χ4n) is 0. The summed E-state index contributed by atoms with van der Waals surface area (Å²) in [5, 5.41) is 13.9. The lowest BCUT2D eigenvalue weighted by atomic mass is 10.8. The molecule has 0 aliphatic carbocycles. The van der Waals surface area contributed by atoms with Crippen LogP contribution in [0.4, 0.5) is 4.79 Å². The predicted octanol–water partition coefficient (Wildman–Crippen LogP) is 2.22. The van der Waals surface area contributed by atoms with Crippen LogP contribution in [0.25, 0.3) is 0 Å². The molecule has 9 heavy (non-hydrogen) atoms. The molecule has 0 aromatic rings. The molecular formula is C6H12O3. The summed E-state index contributed by atoms with van der Waals surface area (Å²) >= 11 is 0. The third kappa shape index (κ3) is 97.5. The van der Waals surface area contributed by atoms with E-state index in [-0.39, 0.29) is 0 Å². The van der Waals surface area contributed by atoms with E-state index in [0.717, 1.165) is 0 Å². The first kappa shape index (κ1) is 15.7. The second-order valence-electron chi connectivity index (χ2n) is 0.691. The summed E-state index contributed by atoms with van der Waals surface area (Å²) in [6, 6.07) is 0. The van der Waals surface area contributed by atoms with Crippen LogP contribution in [-0.2, 0) is 0 Å². The van der Waals surface area contributed by atoms with Gasteiger partial charge in [-0.3, -0.25) is 0 Å². The van der Waals surface area contributed by atoms with Crippen LogP contribution in [0.1, 0.15) is 6.92 Å². The monoisotopic (exact) mass is 132 g/mol. The second kappa shape index (κ2) is 29.5. The fraction of sp³-hybridized carbons (Fsp3) is 0.167. The largest absolute Gasteiger partial charge is 0.503 e. The lowest BCUT2D eigenvalue weighted by Gasteiger charge is -1.60. The van der Waals surface area contributed by atoms with Crippen molar-refractivity contribution >= 4 is 6.16 Å². The van der Waals surface area contributed by atoms with Crippen LogP contribution in [0.5, 0.6) is 0 Å². The average Bonchev–Trinajstić information content (AvgIpc) is 1.71. The van der Waals surface area contributed by atoms with Crippen molar-refractivity contribution < 1.29 is 15.0 Å². The molecule has 0 aromatic carbocycles. The van der Waals surface area contributed by atoms with E-state index < -0.39 is 6.16 Å². The molecule has 0 atom stereocenters. The van der Waals surface area contributed by atoms with Crippen LogP contribution in [0.3, 0.4) is 0 Å². The van der Waals surface area contributed by atoms with Gasteiger partial charge in [-0.1, -0.05) is 6.08 Å². The molecule has 0 fully saturated rings. The maximum atomic E-state index is 8.56. The maximum Gasteiger partial charge on any atom is 0.503 e. The Hall–Kier alpha value is -1.25. The molecule has 0 unspecified atom stereocenters. The molecule has 0 spiro atoms. The number of hydrogen-bond acceptors (Lipinski definition) is 1. The van der Waals surface area contributed by atoms with Gasteiger partial charge in [0.05, 0.1) is 0 Å². The summed E-state index contributed by atoms with van der Waals surface area (Å²) in [5.41, 5.74) is 0. The molecule has 0 heterocycles. The topological polar surface area (TPSA) is 57.5 Å². The molecule has 0 bridgehead atoms. The highest BCUT2D eigenvalue weighted by atomic mass is 16.6. The first-order valence-corrected chi connectivity index (χ1v) is 2.14. The lowest BCUT2D eigenvalue weighted by molar-refractivity contribution is 0.137. The predicted molar refractivity (Wildman–Crippen MR) is 37.8 cm³/mol. The highest BCUT2D eigenvalue weighted by Gasteiger charge is 1.70. The zero-order chi connectivity index (χ0) is 8.28. The summed E-state index contributed by atoms with van der Waals surface area (Å²) in [6.07, 6.45) is -0.0833. The van der Waals surface area contributed by atoms with Gasteiger partial charge in [-0.2, -0.15) is 0 Å². The van der Waals surface area contributed by atoms with Crippen molar-refractivity contribution in [2.45, 2.75) is 6.92 Å². The van der Waals surface area contributed by atoms with Gasteiger partial charge < -0.3 is 10.2 Å². The zero-order valence-electron chi connectivity index (χ0n) is 5.50. The van der Waals surface area contributed by atoms with Gasteiger partial charge in [0.1, 0.15) is 0 Å². The van der Waals surface area contributed by atoms with E-state index in [4.69, 9.17) is 15.0 Å². The number of carbonyl (C=O) groups is 1. The van der Waals surface area contributed by atoms with Crippen LogP contribution in [0.15, 0.2) is 25.8 Å². The summed E-state index contributed by atoms with van der Waals surface area (Å²) in [7, 11) is 0. The number of carboxylic acid groups (broad SMARTS) is 2. The van der Waals surface area contributed by atoms with Crippen molar-refractivity contribution in [3.8, 4) is 0 Å². The minimum absolute atomic E-state index is 1.75. The van der Waals surface area contributed by atoms with E-state index in [2.05, 4.69) is 19.7 Å². The third-order valence-corrected chi connectivity index (χ3v) is 0. The van der Waals surface area contributed by atoms with Gasteiger partial charge >= 0.3 is 6.16 Å². The molecule has 0 saturated heterocycles. The van der Waals surface area contributed by atoms with Crippen LogP contribution in [0.2, 0.25) is 0 Å². The molecular weight excluding hydrogens is 120 g/mol. The molecule has 0 saturated carbocycles. The first-order valence-electron chi connectivity index (χ1n) is 2.14. The van der Waals surface area contributed by atoms with Crippen molar-refractivity contribution in [3.05, 3.63) is 25.8 Å². The average molecular weight is 132 g/mol. The van der Waals surface area contributed by atoms with Crippen molar-refractivity contribution in [1.29, 1.82) is 0 Å². The highest BCUT2D eigenvalue weighted by molar-refractivity contribution is 5.53. The van der Waals surface area contributed by atoms with Crippen molar-refractivity contribution in [3.63, 3.8) is 0 Å². The molecule has 3 heteroatoms. The molecule has 0 rings (SSSR count). The Bertz CT molecular complexity index is 64.7. The van der Waals surface area contributed by atoms with E-state index >= 15 is 0 Å². The molecule has 2 N–H and O–H groups in total. The van der Waals surface area contributed by atoms with Crippen molar-refractivity contribution in [1.82, 2.24) is 0 Å². The van der Waals surface area contributed by atoms with E-state index in [9.17, 15) is 0 Å². The van der Waals surface area contributed by atoms with Crippen LogP contribution < -0.4 is 0 Å². The molecule has 0 aliphatic rings. The third-order valence-electron chi connectivity index (χ3n) is 0. The maximum absolute atomic E-state index is 8.56. The molecule has 0 aromatic heterocycles. The summed E-state index contributed by atoms with van der Waals surface area (Å²) in [5.74, 6) is 0. The van der Waals surface area contributed by atoms with Crippen LogP contribution in [-0.4, -0.2) is 16.4 Å². The van der Waals surface area contributed by atoms with Gasteiger partial charge in [0.2, 0.25) is 0 Å². The lowest BCUT2D eigenvalue weighted by Crippen LogP contribution is -1.81. The second-order valence-corrected chi connectivity index (χ2v) is 0.691. The van der Waals surface area contributed by atoms with Gasteiger partial charge in [0.25, 0.3) is 0 Å². The number of allylic oxidation sites excluding steroid dienone is 1. The summed E-state index contributed by atoms with van der Waals surface area (Å²) < 4.78 is 0. The number of hydrogen-bond donors (Lipinski definition) is 2. The van der Waals surface area contributed by atoms with Gasteiger partial charge in [-0.15, -0.1) is 19.7 Å². The standard InChI is InChI=1S/C3H6.C2H4.CH2O3/c1-3-2;1-2;2-1(3)4/h3H,1H2,2H3;1-2H2;(H2,2,3,4). The Balaban J connectivity index is -0.0000000646. The Morgan fingerprint density at radius 1 is 1.44 bits per heavy atom. The summed E-state index contributed by atoms with van der Waals surface area (Å²) in [6.45, 7) is 11.2. The quantitative estimate of drug-likeness (QED) is 0.497. The zero-order valence-corrected chi connectivity index (χ0v) is 5.50. The van der Waals surface area contributed by atoms with Crippen LogP contribution in [0, 0.1) is 0 Å². The number of rotatable bonds is 0. The van der Waals surface area contributed by atoms with Crippen molar-refractivity contribution in [2.24, 2.45) is 0 Å². The van der Waals surface area contributed by atoms with Gasteiger partial charge in [-0.25, -0.2) is 4.79 Å². The Morgan fingerprint density at radius 3 is 1.44 bits per heavy atom. The van der Waals surface area contributed by atoms with Gasteiger partial charge in [0.15, 0.2) is 0 Å². The van der Waals surface area contributed by atoms with E-state index in [1.165, 1.54) is 0 Å². The normalized spacial score (nSPS) is 4.56. The molecule has 0 aliphatic heterocycles. The first-order chi connectivity index (χ1) is 4.15. The molecule has 0 radical (unpaired) electrons. The molecule has 54 valence electrons. The van der Waals surface area contributed by atoms with E-state index in [1.54, 1.807) is 6.08 Å². The summed E-state index contributed by atoms with van der Waals surface area (Å²) in [4.78, 5) is 8.56. The van der Waals surface area contributed by atoms with E-state index in [0.29, 0.717) is 0 Å². The van der Waals surface area contributed by atoms with Crippen molar-refractivity contribution in [2.75, 3.05) is 0 Å². The molecule has 0 amide bonds. The minimum atomic E-state index is -1.83. The van der Waals surface area contributed by atoms with Crippen LogP contribution >= 0.6 is 0 Å². The highest BCUT2D eigenvalue weighted by Crippen LogP contribution is 1.42. The smallest absolute Gasteiger partial charge is 0.450 e. The van der Waals surface area contributed by atoms with Gasteiger partial charge in [-0.05, 0) is 6.92 Å². The molecule has 3 nitrogen and oxygen atoms in total. The minimum Gasteiger partial charge on any atom is -0.450 e. The SMILES string of the molecule is C=C.C=CC.O=C(O)O.